The molecule has 1 aromatic heterocycles. The number of carbonyl (C=O) groups is 1. The first-order valence-corrected chi connectivity index (χ1v) is 8.74. The molecule has 0 fully saturated rings. The van der Waals surface area contributed by atoms with Crippen LogP contribution in [0, 0.1) is 11.3 Å². The molecule has 1 N–H and O–H groups in total. The van der Waals surface area contributed by atoms with Gasteiger partial charge in [-0.05, 0) is 23.8 Å². The average molecular weight is 360 g/mol. The molecule has 1 heterocycles. The Hall–Kier alpha value is -2.37. The number of amides is 1. The number of nitrogens with one attached hydrogen (secondary N) is 1. The summed E-state index contributed by atoms with van der Waals surface area (Å²) in [5.74, 6) is 0.199. The van der Waals surface area contributed by atoms with Crippen LogP contribution in [0.5, 0.6) is 5.75 Å². The molecule has 0 unspecified atom stereocenters. The Bertz CT molecular complexity index is 776. The van der Waals surface area contributed by atoms with Gasteiger partial charge in [-0.1, -0.05) is 37.7 Å². The van der Waals surface area contributed by atoms with Gasteiger partial charge in [0.25, 0.3) is 5.91 Å². The molecule has 1 amide bonds. The molecule has 0 aliphatic carbocycles. The molecule has 8 heteroatoms. The lowest BCUT2D eigenvalue weighted by molar-refractivity contribution is -0.112. The van der Waals surface area contributed by atoms with Crippen LogP contribution in [0.4, 0.5) is 5.13 Å². The fourth-order valence-corrected chi connectivity index (χ4v) is 3.08. The third-order valence-electron chi connectivity index (χ3n) is 2.76. The molecule has 0 bridgehead atoms. The second kappa shape index (κ2) is 8.47. The summed E-state index contributed by atoms with van der Waals surface area (Å²) in [7, 11) is 1.58. The van der Waals surface area contributed by atoms with Gasteiger partial charge in [0.05, 0.1) is 7.11 Å². The molecule has 2 aromatic rings. The lowest BCUT2D eigenvalue weighted by Gasteiger charge is -2.01. The lowest BCUT2D eigenvalue weighted by atomic mass is 10.1. The van der Waals surface area contributed by atoms with Crippen LogP contribution in [0.2, 0.25) is 0 Å². The highest BCUT2D eigenvalue weighted by Gasteiger charge is 2.13. The van der Waals surface area contributed by atoms with Crippen molar-refractivity contribution in [3.63, 3.8) is 0 Å². The van der Waals surface area contributed by atoms with E-state index in [4.69, 9.17) is 4.74 Å². The Kier molecular flexibility index (Phi) is 6.35. The third-order valence-corrected chi connectivity index (χ3v) is 4.37. The number of benzene rings is 1. The van der Waals surface area contributed by atoms with Gasteiger partial charge >= 0.3 is 0 Å². The third kappa shape index (κ3) is 5.08. The fourth-order valence-electron chi connectivity index (χ4n) is 1.70. The van der Waals surface area contributed by atoms with Crippen molar-refractivity contribution in [2.45, 2.75) is 24.3 Å². The van der Waals surface area contributed by atoms with E-state index in [1.165, 1.54) is 17.8 Å². The summed E-state index contributed by atoms with van der Waals surface area (Å²) in [5.41, 5.74) is 0.726. The van der Waals surface area contributed by atoms with Crippen LogP contribution < -0.4 is 10.1 Å². The van der Waals surface area contributed by atoms with E-state index in [2.05, 4.69) is 14.7 Å². The first-order chi connectivity index (χ1) is 11.5. The van der Waals surface area contributed by atoms with Crippen molar-refractivity contribution in [2.24, 2.45) is 0 Å². The summed E-state index contributed by atoms with van der Waals surface area (Å²) < 4.78 is 9.24. The first kappa shape index (κ1) is 18.0. The van der Waals surface area contributed by atoms with Gasteiger partial charge in [-0.3, -0.25) is 10.1 Å². The zero-order valence-corrected chi connectivity index (χ0v) is 15.1. The van der Waals surface area contributed by atoms with Crippen molar-refractivity contribution >= 4 is 40.4 Å². The maximum absolute atomic E-state index is 12.2. The molecular formula is C16H16N4O2S2. The molecule has 0 radical (unpaired) electrons. The monoisotopic (exact) mass is 360 g/mol. The van der Waals surface area contributed by atoms with Gasteiger partial charge in [0.1, 0.15) is 17.4 Å². The van der Waals surface area contributed by atoms with E-state index >= 15 is 0 Å². The predicted molar refractivity (Wildman–Crippen MR) is 96.1 cm³/mol. The largest absolute Gasteiger partial charge is 0.497 e. The minimum Gasteiger partial charge on any atom is -0.497 e. The average Bonchev–Trinajstić information content (AvgIpc) is 2.99. The number of nitriles is 1. The van der Waals surface area contributed by atoms with Gasteiger partial charge in [0.2, 0.25) is 10.3 Å². The van der Waals surface area contributed by atoms with Crippen molar-refractivity contribution in [1.29, 1.82) is 5.26 Å². The highest BCUT2D eigenvalue weighted by atomic mass is 32.2. The summed E-state index contributed by atoms with van der Waals surface area (Å²) in [6.07, 6.45) is 1.51. The van der Waals surface area contributed by atoms with Crippen LogP contribution in [-0.2, 0) is 4.79 Å². The number of nitrogens with zero attached hydrogens (tertiary/aromatic N) is 3. The Morgan fingerprint density at radius 2 is 2.12 bits per heavy atom. The van der Waals surface area contributed by atoms with Gasteiger partial charge in [-0.15, -0.1) is 0 Å². The highest BCUT2D eigenvalue weighted by Crippen LogP contribution is 2.24. The van der Waals surface area contributed by atoms with E-state index in [1.54, 1.807) is 31.4 Å². The molecule has 0 aliphatic rings. The number of carbonyl (C=O) groups excluding carboxylic acids is 1. The molecule has 1 aromatic carbocycles. The summed E-state index contributed by atoms with van der Waals surface area (Å²) in [5, 5.41) is 13.2. The summed E-state index contributed by atoms with van der Waals surface area (Å²) in [4.78, 5) is 16.4. The number of thioether (sulfide) groups is 1. The van der Waals surface area contributed by atoms with Gasteiger partial charge in [0.15, 0.2) is 0 Å². The normalized spacial score (nSPS) is 11.2. The zero-order valence-electron chi connectivity index (χ0n) is 13.4. The van der Waals surface area contributed by atoms with Gasteiger partial charge in [-0.25, -0.2) is 0 Å². The quantitative estimate of drug-likeness (QED) is 0.481. The van der Waals surface area contributed by atoms with Crippen molar-refractivity contribution in [2.75, 3.05) is 12.4 Å². The molecule has 6 nitrogen and oxygen atoms in total. The van der Waals surface area contributed by atoms with E-state index < -0.39 is 5.91 Å². The molecule has 0 saturated heterocycles. The summed E-state index contributed by atoms with van der Waals surface area (Å²) in [6.45, 7) is 4.07. The SMILES string of the molecule is COc1ccc(C=C(C#N)C(=O)Nc2nc(SC(C)C)ns2)cc1. The van der Waals surface area contributed by atoms with E-state index in [0.717, 1.165) is 17.1 Å². The topological polar surface area (TPSA) is 87.9 Å². The van der Waals surface area contributed by atoms with Gasteiger partial charge < -0.3 is 4.74 Å². The number of anilines is 1. The molecular weight excluding hydrogens is 344 g/mol. The van der Waals surface area contributed by atoms with E-state index in [-0.39, 0.29) is 5.57 Å². The van der Waals surface area contributed by atoms with Crippen LogP contribution in [0.15, 0.2) is 35.0 Å². The van der Waals surface area contributed by atoms with Crippen LogP contribution in [0.3, 0.4) is 0 Å². The van der Waals surface area contributed by atoms with Crippen LogP contribution in [0.1, 0.15) is 19.4 Å². The predicted octanol–water partition coefficient (Wildman–Crippen LogP) is 3.59. The smallest absolute Gasteiger partial charge is 0.268 e. The Labute approximate surface area is 148 Å². The number of aromatic nitrogens is 2. The number of methoxy groups -OCH3 is 1. The summed E-state index contributed by atoms with van der Waals surface area (Å²) >= 11 is 2.60. The maximum atomic E-state index is 12.2. The number of ether oxygens (including phenoxy) is 1. The molecule has 0 aliphatic heterocycles. The maximum Gasteiger partial charge on any atom is 0.268 e. The van der Waals surface area contributed by atoms with Crippen LogP contribution in [0.25, 0.3) is 6.08 Å². The minimum absolute atomic E-state index is 0.00608. The fraction of sp³-hybridized carbons (Fsp3) is 0.250. The van der Waals surface area contributed by atoms with Crippen LogP contribution in [-0.4, -0.2) is 27.6 Å². The van der Waals surface area contributed by atoms with E-state index in [0.29, 0.717) is 21.3 Å². The van der Waals surface area contributed by atoms with Gasteiger partial charge in [-0.2, -0.15) is 14.6 Å². The standard InChI is InChI=1S/C16H16N4O2S2/c1-10(2)23-16-19-15(24-20-16)18-14(21)12(9-17)8-11-4-6-13(22-3)7-5-11/h4-8,10H,1-3H3,(H,18,19,20,21). The van der Waals surface area contributed by atoms with E-state index in [1.807, 2.05) is 19.9 Å². The van der Waals surface area contributed by atoms with E-state index in [9.17, 15) is 10.1 Å². The van der Waals surface area contributed by atoms with Crippen molar-refractivity contribution in [1.82, 2.24) is 9.36 Å². The number of rotatable bonds is 6. The molecule has 0 atom stereocenters. The summed E-state index contributed by atoms with van der Waals surface area (Å²) in [6, 6.07) is 8.97. The van der Waals surface area contributed by atoms with Crippen LogP contribution >= 0.6 is 23.3 Å². The van der Waals surface area contributed by atoms with Gasteiger partial charge in [0, 0.05) is 16.8 Å². The number of hydrogen-bond donors (Lipinski definition) is 1. The highest BCUT2D eigenvalue weighted by molar-refractivity contribution is 7.99. The van der Waals surface area contributed by atoms with Crippen molar-refractivity contribution in [3.8, 4) is 11.8 Å². The minimum atomic E-state index is -0.509. The number of hydrogen-bond acceptors (Lipinski definition) is 7. The second-order valence-electron chi connectivity index (χ2n) is 4.95. The zero-order chi connectivity index (χ0) is 17.5. The molecule has 124 valence electrons. The van der Waals surface area contributed by atoms with Crippen molar-refractivity contribution in [3.05, 3.63) is 35.4 Å². The molecule has 0 spiro atoms. The Morgan fingerprint density at radius 1 is 1.42 bits per heavy atom. The second-order valence-corrected chi connectivity index (χ2v) is 7.24. The lowest BCUT2D eigenvalue weighted by Crippen LogP contribution is -2.13. The first-order valence-electron chi connectivity index (χ1n) is 7.09. The molecule has 0 saturated carbocycles. The van der Waals surface area contributed by atoms with Crippen molar-refractivity contribution < 1.29 is 9.53 Å². The molecule has 2 rings (SSSR count). The Balaban J connectivity index is 2.09. The molecule has 24 heavy (non-hydrogen) atoms. The Morgan fingerprint density at radius 3 is 2.71 bits per heavy atom.